The number of piperazine rings is 1. The third kappa shape index (κ3) is 3.67. The highest BCUT2D eigenvalue weighted by Crippen LogP contribution is 2.27. The normalized spacial score (nSPS) is 14.5. The average molecular weight is 422 g/mol. The number of halogens is 2. The number of carbonyl (C=O) groups excluding carboxylic acids is 1. The van der Waals surface area contributed by atoms with E-state index in [9.17, 15) is 4.79 Å². The molecule has 2 aromatic heterocycles. The minimum atomic E-state index is -0.0991. The van der Waals surface area contributed by atoms with Gasteiger partial charge < -0.3 is 14.5 Å². The van der Waals surface area contributed by atoms with Crippen LogP contribution in [0.1, 0.15) is 0 Å². The van der Waals surface area contributed by atoms with Crippen molar-refractivity contribution < 1.29 is 9.53 Å². The van der Waals surface area contributed by atoms with E-state index in [0.29, 0.717) is 53.1 Å². The first-order valence-electron chi connectivity index (χ1n) is 8.64. The van der Waals surface area contributed by atoms with Crippen LogP contribution >= 0.6 is 23.2 Å². The van der Waals surface area contributed by atoms with E-state index in [1.165, 1.54) is 6.33 Å². The number of aryl methyl sites for hydroxylation is 1. The van der Waals surface area contributed by atoms with Crippen molar-refractivity contribution in [3.63, 3.8) is 0 Å². The fourth-order valence-corrected chi connectivity index (χ4v) is 3.53. The standard InChI is InChI=1S/C17H17Cl2N7O2/c1-24-16-15(22-23-24)17(21-10-20-16)26-6-4-25(5-7-26)14(27)9-28-13-3-2-11(18)8-12(13)19/h2-3,8,10H,4-7,9H2,1H3. The number of nitrogens with zero attached hydrogens (tertiary/aromatic N) is 7. The van der Waals surface area contributed by atoms with E-state index in [-0.39, 0.29) is 12.5 Å². The second kappa shape index (κ2) is 7.76. The summed E-state index contributed by atoms with van der Waals surface area (Å²) in [5.74, 6) is 1.07. The Bertz CT molecular complexity index is 1020. The number of carbonyl (C=O) groups is 1. The minimum absolute atomic E-state index is 0.0801. The molecule has 0 saturated carbocycles. The Hall–Kier alpha value is -2.65. The van der Waals surface area contributed by atoms with Crippen LogP contribution in [-0.4, -0.2) is 68.6 Å². The quantitative estimate of drug-likeness (QED) is 0.634. The van der Waals surface area contributed by atoms with E-state index >= 15 is 0 Å². The predicted octanol–water partition coefficient (Wildman–Crippen LogP) is 1.79. The predicted molar refractivity (Wildman–Crippen MR) is 105 cm³/mol. The van der Waals surface area contributed by atoms with Gasteiger partial charge in [0.25, 0.3) is 5.91 Å². The Balaban J connectivity index is 1.36. The van der Waals surface area contributed by atoms with Crippen LogP contribution in [0.5, 0.6) is 5.75 Å². The van der Waals surface area contributed by atoms with Crippen LogP contribution in [0, 0.1) is 0 Å². The highest BCUT2D eigenvalue weighted by molar-refractivity contribution is 6.35. The number of rotatable bonds is 4. The Kier molecular flexibility index (Phi) is 5.19. The van der Waals surface area contributed by atoms with Gasteiger partial charge in [-0.2, -0.15) is 0 Å². The summed E-state index contributed by atoms with van der Waals surface area (Å²) in [6.45, 7) is 2.31. The second-order valence-electron chi connectivity index (χ2n) is 6.31. The van der Waals surface area contributed by atoms with E-state index in [1.807, 2.05) is 0 Å². The first-order valence-corrected chi connectivity index (χ1v) is 9.39. The molecule has 0 bridgehead atoms. The number of hydrogen-bond donors (Lipinski definition) is 0. The van der Waals surface area contributed by atoms with E-state index in [1.54, 1.807) is 34.8 Å². The summed E-state index contributed by atoms with van der Waals surface area (Å²) in [5.41, 5.74) is 1.34. The van der Waals surface area contributed by atoms with Gasteiger partial charge in [0.2, 0.25) is 0 Å². The first-order chi connectivity index (χ1) is 13.5. The van der Waals surface area contributed by atoms with Gasteiger partial charge in [-0.05, 0) is 18.2 Å². The number of aromatic nitrogens is 5. The van der Waals surface area contributed by atoms with Crippen molar-refractivity contribution in [2.75, 3.05) is 37.7 Å². The molecule has 1 saturated heterocycles. The number of ether oxygens (including phenoxy) is 1. The van der Waals surface area contributed by atoms with Crippen molar-refractivity contribution in [3.8, 4) is 5.75 Å². The van der Waals surface area contributed by atoms with Gasteiger partial charge in [-0.25, -0.2) is 14.6 Å². The van der Waals surface area contributed by atoms with Crippen LogP contribution in [-0.2, 0) is 11.8 Å². The lowest BCUT2D eigenvalue weighted by Crippen LogP contribution is -2.50. The molecule has 0 N–H and O–H groups in total. The second-order valence-corrected chi connectivity index (χ2v) is 7.16. The largest absolute Gasteiger partial charge is 0.482 e. The third-order valence-corrected chi connectivity index (χ3v) is 5.08. The average Bonchev–Trinajstić information content (AvgIpc) is 3.08. The van der Waals surface area contributed by atoms with Gasteiger partial charge in [-0.15, -0.1) is 5.10 Å². The zero-order valence-electron chi connectivity index (χ0n) is 15.0. The van der Waals surface area contributed by atoms with Gasteiger partial charge in [0, 0.05) is 38.2 Å². The number of benzene rings is 1. The molecule has 3 aromatic rings. The number of amides is 1. The van der Waals surface area contributed by atoms with E-state index in [4.69, 9.17) is 27.9 Å². The number of fused-ring (bicyclic) bond motifs is 1. The Morgan fingerprint density at radius 3 is 2.71 bits per heavy atom. The van der Waals surface area contributed by atoms with Crippen LogP contribution in [0.3, 0.4) is 0 Å². The van der Waals surface area contributed by atoms with Crippen molar-refractivity contribution in [2.45, 2.75) is 0 Å². The Morgan fingerprint density at radius 1 is 1.18 bits per heavy atom. The molecule has 3 heterocycles. The minimum Gasteiger partial charge on any atom is -0.482 e. The molecule has 28 heavy (non-hydrogen) atoms. The van der Waals surface area contributed by atoms with Gasteiger partial charge in [-0.3, -0.25) is 4.79 Å². The van der Waals surface area contributed by atoms with Crippen molar-refractivity contribution in [3.05, 3.63) is 34.6 Å². The van der Waals surface area contributed by atoms with E-state index < -0.39 is 0 Å². The maximum Gasteiger partial charge on any atom is 0.260 e. The summed E-state index contributed by atoms with van der Waals surface area (Å²) < 4.78 is 7.15. The molecule has 9 nitrogen and oxygen atoms in total. The summed E-state index contributed by atoms with van der Waals surface area (Å²) in [5, 5.41) is 9.04. The lowest BCUT2D eigenvalue weighted by molar-refractivity contribution is -0.133. The molecular formula is C17H17Cl2N7O2. The molecule has 0 radical (unpaired) electrons. The highest BCUT2D eigenvalue weighted by atomic mass is 35.5. The smallest absolute Gasteiger partial charge is 0.260 e. The van der Waals surface area contributed by atoms with E-state index in [0.717, 1.165) is 5.82 Å². The van der Waals surface area contributed by atoms with Crippen LogP contribution in [0.2, 0.25) is 10.0 Å². The van der Waals surface area contributed by atoms with Gasteiger partial charge in [0.1, 0.15) is 12.1 Å². The highest BCUT2D eigenvalue weighted by Gasteiger charge is 2.24. The van der Waals surface area contributed by atoms with Crippen LogP contribution in [0.15, 0.2) is 24.5 Å². The lowest BCUT2D eigenvalue weighted by atomic mass is 10.3. The maximum absolute atomic E-state index is 12.5. The molecule has 146 valence electrons. The molecule has 0 atom stereocenters. The lowest BCUT2D eigenvalue weighted by Gasteiger charge is -2.35. The zero-order chi connectivity index (χ0) is 19.7. The van der Waals surface area contributed by atoms with Gasteiger partial charge in [-0.1, -0.05) is 28.4 Å². The Labute approximate surface area is 170 Å². The molecule has 1 aromatic carbocycles. The van der Waals surface area contributed by atoms with Crippen molar-refractivity contribution in [2.24, 2.45) is 7.05 Å². The monoisotopic (exact) mass is 421 g/mol. The van der Waals surface area contributed by atoms with Gasteiger partial charge in [0.05, 0.1) is 5.02 Å². The summed E-state index contributed by atoms with van der Waals surface area (Å²) in [7, 11) is 1.79. The maximum atomic E-state index is 12.5. The van der Waals surface area contributed by atoms with Crippen LogP contribution in [0.4, 0.5) is 5.82 Å². The first kappa shape index (κ1) is 18.7. The molecule has 11 heteroatoms. The molecule has 0 spiro atoms. The molecule has 1 amide bonds. The summed E-state index contributed by atoms with van der Waals surface area (Å²) in [4.78, 5) is 24.9. The molecule has 1 fully saturated rings. The van der Waals surface area contributed by atoms with Crippen molar-refractivity contribution >= 4 is 46.1 Å². The van der Waals surface area contributed by atoms with Crippen LogP contribution in [0.25, 0.3) is 11.2 Å². The fraction of sp³-hybridized carbons (Fsp3) is 0.353. The molecule has 4 rings (SSSR count). The van der Waals surface area contributed by atoms with Crippen LogP contribution < -0.4 is 9.64 Å². The summed E-state index contributed by atoms with van der Waals surface area (Å²) in [6, 6.07) is 4.90. The van der Waals surface area contributed by atoms with Crippen molar-refractivity contribution in [1.82, 2.24) is 29.9 Å². The SMILES string of the molecule is Cn1nnc2c(N3CCN(C(=O)COc4ccc(Cl)cc4Cl)CC3)ncnc21. The zero-order valence-corrected chi connectivity index (χ0v) is 16.6. The fourth-order valence-electron chi connectivity index (χ4n) is 3.06. The van der Waals surface area contributed by atoms with E-state index in [2.05, 4.69) is 25.2 Å². The molecule has 0 aliphatic carbocycles. The topological polar surface area (TPSA) is 89.3 Å². The third-order valence-electron chi connectivity index (χ3n) is 4.55. The molecule has 0 unspecified atom stereocenters. The molecular weight excluding hydrogens is 405 g/mol. The van der Waals surface area contributed by atoms with Gasteiger partial charge >= 0.3 is 0 Å². The van der Waals surface area contributed by atoms with Crippen molar-refractivity contribution in [1.29, 1.82) is 0 Å². The summed E-state index contributed by atoms with van der Waals surface area (Å²) in [6.07, 6.45) is 1.50. The summed E-state index contributed by atoms with van der Waals surface area (Å²) >= 11 is 11.9. The number of hydrogen-bond acceptors (Lipinski definition) is 7. The molecule has 1 aliphatic rings. The van der Waals surface area contributed by atoms with Gasteiger partial charge in [0.15, 0.2) is 23.6 Å². The molecule has 1 aliphatic heterocycles. The number of anilines is 1. The Morgan fingerprint density at radius 2 is 1.96 bits per heavy atom.